The van der Waals surface area contributed by atoms with Crippen molar-refractivity contribution in [2.75, 3.05) is 19.0 Å². The molecular weight excluding hydrogens is 254 g/mol. The molecule has 1 aliphatic heterocycles. The summed E-state index contributed by atoms with van der Waals surface area (Å²) in [5.74, 6) is 1.20. The van der Waals surface area contributed by atoms with Crippen molar-refractivity contribution in [3.8, 4) is 22.6 Å². The Morgan fingerprint density at radius 3 is 2.75 bits per heavy atom. The van der Waals surface area contributed by atoms with Gasteiger partial charge in [-0.05, 0) is 30.7 Å². The van der Waals surface area contributed by atoms with Gasteiger partial charge in [-0.15, -0.1) is 0 Å². The number of amides is 1. The van der Waals surface area contributed by atoms with Crippen LogP contribution in [0, 0.1) is 6.92 Å². The first-order chi connectivity index (χ1) is 9.67. The summed E-state index contributed by atoms with van der Waals surface area (Å²) in [6.45, 7) is 1.99. The van der Waals surface area contributed by atoms with Crippen molar-refractivity contribution >= 4 is 11.6 Å². The normalized spacial score (nSPS) is 13.2. The number of hydrogen-bond acceptors (Lipinski definition) is 3. The first-order valence-electron chi connectivity index (χ1n) is 6.39. The Morgan fingerprint density at radius 2 is 1.95 bits per heavy atom. The predicted molar refractivity (Wildman–Crippen MR) is 77.3 cm³/mol. The highest BCUT2D eigenvalue weighted by Crippen LogP contribution is 2.38. The van der Waals surface area contributed by atoms with E-state index in [2.05, 4.69) is 5.32 Å². The molecule has 4 nitrogen and oxygen atoms in total. The van der Waals surface area contributed by atoms with E-state index in [-0.39, 0.29) is 12.5 Å². The molecule has 102 valence electrons. The minimum Gasteiger partial charge on any atom is -0.497 e. The van der Waals surface area contributed by atoms with Gasteiger partial charge >= 0.3 is 0 Å². The molecule has 2 aromatic rings. The van der Waals surface area contributed by atoms with E-state index in [1.807, 2.05) is 37.3 Å². The van der Waals surface area contributed by atoms with Crippen LogP contribution in [0.1, 0.15) is 5.56 Å². The van der Waals surface area contributed by atoms with Crippen LogP contribution in [0.15, 0.2) is 36.4 Å². The van der Waals surface area contributed by atoms with Gasteiger partial charge in [0.15, 0.2) is 6.61 Å². The molecule has 3 rings (SSSR count). The lowest BCUT2D eigenvalue weighted by Gasteiger charge is -2.20. The summed E-state index contributed by atoms with van der Waals surface area (Å²) in [6.07, 6.45) is 0. The summed E-state index contributed by atoms with van der Waals surface area (Å²) in [4.78, 5) is 11.8. The van der Waals surface area contributed by atoms with Crippen LogP contribution in [0.2, 0.25) is 0 Å². The molecule has 1 heterocycles. The zero-order valence-electron chi connectivity index (χ0n) is 11.4. The largest absolute Gasteiger partial charge is 0.497 e. The molecule has 2 aromatic carbocycles. The fourth-order valence-electron chi connectivity index (χ4n) is 2.30. The molecule has 0 spiro atoms. The Balaban J connectivity index is 2.21. The molecule has 0 radical (unpaired) electrons. The fraction of sp³-hybridized carbons (Fsp3) is 0.188. The lowest BCUT2D eigenvalue weighted by atomic mass is 10.00. The van der Waals surface area contributed by atoms with Crippen LogP contribution in [0.5, 0.6) is 11.5 Å². The molecule has 0 unspecified atom stereocenters. The van der Waals surface area contributed by atoms with Crippen molar-refractivity contribution in [2.24, 2.45) is 0 Å². The van der Waals surface area contributed by atoms with Crippen LogP contribution in [0.25, 0.3) is 11.1 Å². The number of nitrogens with one attached hydrogen (secondary N) is 1. The maximum atomic E-state index is 11.8. The first kappa shape index (κ1) is 12.5. The van der Waals surface area contributed by atoms with Gasteiger partial charge in [0.05, 0.1) is 7.11 Å². The fourth-order valence-corrected chi connectivity index (χ4v) is 2.30. The van der Waals surface area contributed by atoms with Gasteiger partial charge in [-0.1, -0.05) is 12.1 Å². The summed E-state index contributed by atoms with van der Waals surface area (Å²) < 4.78 is 10.8. The van der Waals surface area contributed by atoms with Crippen molar-refractivity contribution in [1.29, 1.82) is 0 Å². The molecule has 0 fully saturated rings. The number of anilines is 1. The topological polar surface area (TPSA) is 47.6 Å². The summed E-state index contributed by atoms with van der Waals surface area (Å²) in [5.41, 5.74) is 3.80. The van der Waals surface area contributed by atoms with Crippen LogP contribution in [0.3, 0.4) is 0 Å². The molecule has 0 saturated heterocycles. The summed E-state index contributed by atoms with van der Waals surface area (Å²) in [7, 11) is 1.61. The highest BCUT2D eigenvalue weighted by molar-refractivity contribution is 5.98. The van der Waals surface area contributed by atoms with Gasteiger partial charge in [0.25, 0.3) is 5.91 Å². The Labute approximate surface area is 117 Å². The lowest BCUT2D eigenvalue weighted by Crippen LogP contribution is -2.22. The van der Waals surface area contributed by atoms with Gasteiger partial charge in [-0.3, -0.25) is 4.79 Å². The number of benzene rings is 2. The Hall–Kier alpha value is -2.49. The highest BCUT2D eigenvalue weighted by Gasteiger charge is 2.18. The number of ether oxygens (including phenoxy) is 2. The Bertz CT molecular complexity index is 679. The maximum Gasteiger partial charge on any atom is 0.262 e. The molecule has 1 aliphatic rings. The van der Waals surface area contributed by atoms with E-state index in [1.54, 1.807) is 13.2 Å². The van der Waals surface area contributed by atoms with Crippen LogP contribution in [-0.4, -0.2) is 19.6 Å². The molecule has 1 N–H and O–H groups in total. The number of fused-ring (bicyclic) bond motifs is 3. The second kappa shape index (κ2) is 4.89. The molecular formula is C16H15NO3. The monoisotopic (exact) mass is 269 g/mol. The summed E-state index contributed by atoms with van der Waals surface area (Å²) >= 11 is 0. The van der Waals surface area contributed by atoms with Gasteiger partial charge < -0.3 is 14.8 Å². The van der Waals surface area contributed by atoms with Crippen LogP contribution in [0.4, 0.5) is 5.69 Å². The van der Waals surface area contributed by atoms with E-state index < -0.39 is 0 Å². The van der Waals surface area contributed by atoms with Gasteiger partial charge in [0.1, 0.15) is 11.5 Å². The van der Waals surface area contributed by atoms with E-state index >= 15 is 0 Å². The number of carbonyl (C=O) groups is 1. The van der Waals surface area contributed by atoms with E-state index in [0.717, 1.165) is 22.4 Å². The number of hydrogen-bond donors (Lipinski definition) is 1. The quantitative estimate of drug-likeness (QED) is 0.865. The Kier molecular flexibility index (Phi) is 3.06. The first-order valence-corrected chi connectivity index (χ1v) is 6.39. The van der Waals surface area contributed by atoms with E-state index in [1.165, 1.54) is 0 Å². The van der Waals surface area contributed by atoms with Crippen molar-refractivity contribution in [2.45, 2.75) is 6.92 Å². The molecule has 0 bridgehead atoms. The van der Waals surface area contributed by atoms with Crippen molar-refractivity contribution in [1.82, 2.24) is 0 Å². The predicted octanol–water partition coefficient (Wildman–Crippen LogP) is 3.00. The maximum absolute atomic E-state index is 11.8. The summed E-state index contributed by atoms with van der Waals surface area (Å²) in [5, 5.41) is 2.88. The standard InChI is InChI=1S/C16H15NO3/c1-10-3-5-12-13-6-4-11(19-2)8-15(13)20-9-16(18)17-14(12)7-10/h3-8H,9H2,1-2H3,(H,17,18). The number of carbonyl (C=O) groups excluding carboxylic acids is 1. The van der Waals surface area contributed by atoms with E-state index in [0.29, 0.717) is 11.5 Å². The smallest absolute Gasteiger partial charge is 0.262 e. The molecule has 0 aliphatic carbocycles. The highest BCUT2D eigenvalue weighted by atomic mass is 16.5. The van der Waals surface area contributed by atoms with Crippen LogP contribution in [-0.2, 0) is 4.79 Å². The SMILES string of the molecule is COc1ccc2c(c1)OCC(=O)Nc1cc(C)ccc1-2. The molecule has 1 amide bonds. The van der Waals surface area contributed by atoms with E-state index in [9.17, 15) is 4.79 Å². The number of methoxy groups -OCH3 is 1. The van der Waals surface area contributed by atoms with Gasteiger partial charge in [0.2, 0.25) is 0 Å². The number of rotatable bonds is 1. The number of aryl methyl sites for hydroxylation is 1. The molecule has 0 saturated carbocycles. The zero-order valence-corrected chi connectivity index (χ0v) is 11.4. The lowest BCUT2D eigenvalue weighted by molar-refractivity contribution is -0.118. The van der Waals surface area contributed by atoms with Crippen molar-refractivity contribution in [3.05, 3.63) is 42.0 Å². The third-order valence-corrected chi connectivity index (χ3v) is 3.29. The van der Waals surface area contributed by atoms with Crippen LogP contribution < -0.4 is 14.8 Å². The summed E-state index contributed by atoms with van der Waals surface area (Å²) in [6, 6.07) is 11.6. The molecule has 4 heteroatoms. The van der Waals surface area contributed by atoms with Crippen molar-refractivity contribution in [3.63, 3.8) is 0 Å². The third kappa shape index (κ3) is 2.20. The average Bonchev–Trinajstić information content (AvgIpc) is 2.44. The Morgan fingerprint density at radius 1 is 1.15 bits per heavy atom. The molecule has 0 atom stereocenters. The molecule has 0 aromatic heterocycles. The van der Waals surface area contributed by atoms with E-state index in [4.69, 9.17) is 9.47 Å². The molecule has 20 heavy (non-hydrogen) atoms. The van der Waals surface area contributed by atoms with Gasteiger partial charge in [-0.25, -0.2) is 0 Å². The van der Waals surface area contributed by atoms with Gasteiger partial charge in [-0.2, -0.15) is 0 Å². The second-order valence-corrected chi connectivity index (χ2v) is 4.75. The van der Waals surface area contributed by atoms with Crippen molar-refractivity contribution < 1.29 is 14.3 Å². The minimum atomic E-state index is -0.162. The van der Waals surface area contributed by atoms with Crippen LogP contribution >= 0.6 is 0 Å². The zero-order chi connectivity index (χ0) is 14.1. The second-order valence-electron chi connectivity index (χ2n) is 4.75. The van der Waals surface area contributed by atoms with Gasteiger partial charge in [0, 0.05) is 22.9 Å². The average molecular weight is 269 g/mol. The minimum absolute atomic E-state index is 0.00640. The third-order valence-electron chi connectivity index (χ3n) is 3.29.